The van der Waals surface area contributed by atoms with Crippen molar-refractivity contribution < 1.29 is 18.4 Å². The van der Waals surface area contributed by atoms with E-state index in [2.05, 4.69) is 9.97 Å². The Hall–Kier alpha value is -2.88. The van der Waals surface area contributed by atoms with E-state index in [0.29, 0.717) is 12.0 Å². The molecular formula is C18H20F3N5O2. The number of halogens is 3. The molecule has 3 aromatic rings. The first-order valence-corrected chi connectivity index (χ1v) is 8.71. The van der Waals surface area contributed by atoms with Gasteiger partial charge in [-0.05, 0) is 18.9 Å². The second-order valence-electron chi connectivity index (χ2n) is 6.55. The molecule has 0 aliphatic carbocycles. The highest BCUT2D eigenvalue weighted by Crippen LogP contribution is 2.31. The van der Waals surface area contributed by atoms with E-state index in [1.807, 2.05) is 6.92 Å². The summed E-state index contributed by atoms with van der Waals surface area (Å²) >= 11 is 0. The van der Waals surface area contributed by atoms with Crippen LogP contribution in [-0.2, 0) is 19.8 Å². The number of benzene rings is 1. The van der Waals surface area contributed by atoms with Crippen LogP contribution < -0.4 is 10.6 Å². The maximum absolute atomic E-state index is 13.6. The van der Waals surface area contributed by atoms with Gasteiger partial charge in [-0.3, -0.25) is 14.6 Å². The van der Waals surface area contributed by atoms with Crippen LogP contribution in [0.5, 0.6) is 0 Å². The van der Waals surface area contributed by atoms with E-state index < -0.39 is 17.6 Å². The molecule has 0 saturated heterocycles. The molecule has 0 saturated carbocycles. The molecule has 2 aromatic heterocycles. The number of nitrogens with zero attached hydrogens (tertiary/aromatic N) is 5. The Bertz CT molecular complexity index is 1040. The van der Waals surface area contributed by atoms with Crippen LogP contribution in [0.4, 0.5) is 19.1 Å². The molecule has 2 heterocycles. The summed E-state index contributed by atoms with van der Waals surface area (Å²) < 4.78 is 42.6. The van der Waals surface area contributed by atoms with Crippen molar-refractivity contribution in [1.82, 2.24) is 19.1 Å². The lowest BCUT2D eigenvalue weighted by Crippen LogP contribution is -2.35. The van der Waals surface area contributed by atoms with E-state index in [-0.39, 0.29) is 29.7 Å². The zero-order chi connectivity index (χ0) is 20.6. The van der Waals surface area contributed by atoms with Gasteiger partial charge >= 0.3 is 6.18 Å². The molecule has 10 heteroatoms. The zero-order valence-electron chi connectivity index (χ0n) is 15.6. The van der Waals surface area contributed by atoms with Crippen LogP contribution in [0, 0.1) is 0 Å². The van der Waals surface area contributed by atoms with Crippen molar-refractivity contribution in [1.29, 1.82) is 0 Å². The minimum absolute atomic E-state index is 0.162. The zero-order valence-corrected chi connectivity index (χ0v) is 15.6. The SMILES string of the molecule is CCC(C)N(O)c1nc2nc(C(F)(F)F)n(Cc3ccccc3)c2c(=O)n1C. The monoisotopic (exact) mass is 395 g/mol. The molecule has 7 nitrogen and oxygen atoms in total. The maximum Gasteiger partial charge on any atom is 0.449 e. The van der Waals surface area contributed by atoms with Crippen LogP contribution in [0.15, 0.2) is 35.1 Å². The van der Waals surface area contributed by atoms with E-state index in [9.17, 15) is 23.2 Å². The predicted molar refractivity (Wildman–Crippen MR) is 97.3 cm³/mol. The highest BCUT2D eigenvalue weighted by atomic mass is 19.4. The van der Waals surface area contributed by atoms with Gasteiger partial charge in [0, 0.05) is 13.6 Å². The van der Waals surface area contributed by atoms with E-state index in [1.54, 1.807) is 37.3 Å². The largest absolute Gasteiger partial charge is 0.449 e. The van der Waals surface area contributed by atoms with Gasteiger partial charge in [-0.1, -0.05) is 37.3 Å². The van der Waals surface area contributed by atoms with Gasteiger partial charge in [0.25, 0.3) is 5.56 Å². The quantitative estimate of drug-likeness (QED) is 0.672. The minimum Gasteiger partial charge on any atom is -0.310 e. The molecule has 28 heavy (non-hydrogen) atoms. The van der Waals surface area contributed by atoms with Gasteiger partial charge in [0.2, 0.25) is 11.8 Å². The normalized spacial score (nSPS) is 13.1. The Morgan fingerprint density at radius 3 is 2.43 bits per heavy atom. The molecule has 1 aromatic carbocycles. The van der Waals surface area contributed by atoms with Crippen LogP contribution in [0.2, 0.25) is 0 Å². The van der Waals surface area contributed by atoms with Crippen molar-refractivity contribution in [2.45, 2.75) is 39.0 Å². The van der Waals surface area contributed by atoms with Gasteiger partial charge in [-0.15, -0.1) is 0 Å². The number of aromatic nitrogens is 4. The Labute approximate surface area is 158 Å². The average Bonchev–Trinajstić information content (AvgIpc) is 3.03. The lowest BCUT2D eigenvalue weighted by molar-refractivity contribution is -0.146. The molecule has 150 valence electrons. The first kappa shape index (κ1) is 19.9. The predicted octanol–water partition coefficient (Wildman–Crippen LogP) is 3.19. The van der Waals surface area contributed by atoms with Crippen LogP contribution in [0.25, 0.3) is 11.2 Å². The molecule has 0 fully saturated rings. The van der Waals surface area contributed by atoms with Crippen molar-refractivity contribution in [2.75, 3.05) is 5.06 Å². The molecule has 3 rings (SSSR count). The van der Waals surface area contributed by atoms with Gasteiger partial charge in [-0.25, -0.2) is 10.0 Å². The summed E-state index contributed by atoms with van der Waals surface area (Å²) in [7, 11) is 1.35. The maximum atomic E-state index is 13.6. The topological polar surface area (TPSA) is 76.2 Å². The van der Waals surface area contributed by atoms with E-state index in [1.165, 1.54) is 7.05 Å². The smallest absolute Gasteiger partial charge is 0.310 e. The summed E-state index contributed by atoms with van der Waals surface area (Å²) in [6, 6.07) is 8.09. The Morgan fingerprint density at radius 1 is 1.21 bits per heavy atom. The lowest BCUT2D eigenvalue weighted by atomic mass is 10.2. The number of imidazole rings is 1. The summed E-state index contributed by atoms with van der Waals surface area (Å²) in [5, 5.41) is 11.0. The first-order chi connectivity index (χ1) is 13.1. The van der Waals surface area contributed by atoms with Gasteiger partial charge in [0.05, 0.1) is 6.04 Å². The molecule has 0 aliphatic heterocycles. The number of alkyl halides is 3. The first-order valence-electron chi connectivity index (χ1n) is 8.71. The molecule has 1 N–H and O–H groups in total. The fourth-order valence-corrected chi connectivity index (χ4v) is 2.86. The molecule has 0 amide bonds. The molecule has 0 spiro atoms. The number of hydrogen-bond donors (Lipinski definition) is 1. The van der Waals surface area contributed by atoms with Crippen molar-refractivity contribution in [3.05, 3.63) is 52.1 Å². The second-order valence-corrected chi connectivity index (χ2v) is 6.55. The number of anilines is 1. The summed E-state index contributed by atoms with van der Waals surface area (Å²) in [5.74, 6) is -1.37. The van der Waals surface area contributed by atoms with E-state index in [4.69, 9.17) is 0 Å². The van der Waals surface area contributed by atoms with Crippen molar-refractivity contribution in [3.8, 4) is 0 Å². The minimum atomic E-state index is -4.77. The number of hydroxylamine groups is 1. The Morgan fingerprint density at radius 2 is 1.86 bits per heavy atom. The van der Waals surface area contributed by atoms with Crippen LogP contribution in [-0.4, -0.2) is 30.4 Å². The standard InChI is InChI=1S/C18H20F3N5O2/c1-4-11(2)26(28)17-23-14-13(15(27)24(17)3)25(16(22-14)18(19,20)21)10-12-8-6-5-7-9-12/h5-9,11,28H,4,10H2,1-3H3. The number of rotatable bonds is 5. The van der Waals surface area contributed by atoms with Crippen molar-refractivity contribution in [2.24, 2.45) is 7.05 Å². The van der Waals surface area contributed by atoms with E-state index in [0.717, 1.165) is 14.2 Å². The molecule has 0 aliphatic rings. The summed E-state index contributed by atoms with van der Waals surface area (Å²) in [4.78, 5) is 20.5. The van der Waals surface area contributed by atoms with Crippen LogP contribution in [0.3, 0.4) is 0 Å². The Kier molecular flexibility index (Phi) is 5.16. The third-order valence-corrected chi connectivity index (χ3v) is 4.61. The van der Waals surface area contributed by atoms with Gasteiger partial charge in [0.15, 0.2) is 11.2 Å². The van der Waals surface area contributed by atoms with Gasteiger partial charge in [0.1, 0.15) is 0 Å². The van der Waals surface area contributed by atoms with Gasteiger partial charge in [-0.2, -0.15) is 18.2 Å². The van der Waals surface area contributed by atoms with Crippen molar-refractivity contribution in [3.63, 3.8) is 0 Å². The number of hydrogen-bond acceptors (Lipinski definition) is 5. The molecule has 0 bridgehead atoms. The fourth-order valence-electron chi connectivity index (χ4n) is 2.86. The molecule has 0 radical (unpaired) electrons. The second kappa shape index (κ2) is 7.27. The van der Waals surface area contributed by atoms with Crippen molar-refractivity contribution >= 4 is 17.1 Å². The number of fused-ring (bicyclic) bond motifs is 1. The molecular weight excluding hydrogens is 375 g/mol. The highest BCUT2D eigenvalue weighted by Gasteiger charge is 2.39. The fraction of sp³-hybridized carbons (Fsp3) is 0.389. The summed E-state index contributed by atoms with van der Waals surface area (Å²) in [5.41, 5.74) is -0.758. The summed E-state index contributed by atoms with van der Waals surface area (Å²) in [6.45, 7) is 3.34. The highest BCUT2D eigenvalue weighted by molar-refractivity contribution is 5.72. The van der Waals surface area contributed by atoms with Crippen LogP contribution in [0.1, 0.15) is 31.7 Å². The van der Waals surface area contributed by atoms with Crippen LogP contribution >= 0.6 is 0 Å². The molecule has 1 unspecified atom stereocenters. The Balaban J connectivity index is 2.27. The third kappa shape index (κ3) is 3.47. The third-order valence-electron chi connectivity index (χ3n) is 4.61. The molecule has 1 atom stereocenters. The average molecular weight is 395 g/mol. The van der Waals surface area contributed by atoms with E-state index >= 15 is 0 Å². The summed E-state index contributed by atoms with van der Waals surface area (Å²) in [6.07, 6.45) is -4.23. The lowest BCUT2D eigenvalue weighted by Gasteiger charge is -2.23. The van der Waals surface area contributed by atoms with Gasteiger partial charge < -0.3 is 4.57 Å².